The number of hydrogen-bond acceptors (Lipinski definition) is 3. The van der Waals surface area contributed by atoms with E-state index < -0.39 is 5.97 Å². The third kappa shape index (κ3) is 2.81. The number of carboxylic acid groups (broad SMARTS) is 1. The molecule has 0 spiro atoms. The molecular formula is C12H11BrFN3O2. The third-order valence-electron chi connectivity index (χ3n) is 2.70. The first-order valence-electron chi connectivity index (χ1n) is 5.62. The van der Waals surface area contributed by atoms with Crippen LogP contribution in [-0.2, 0) is 13.0 Å². The summed E-state index contributed by atoms with van der Waals surface area (Å²) >= 11 is 3.27. The standard InChI is InChI=1S/C12H11BrFN3O2/c1-2-10-11(12(18)19)15-16-17(10)6-7-5-8(13)3-4-9(7)14/h3-5H,2,6H2,1H3,(H,18,19). The first-order valence-corrected chi connectivity index (χ1v) is 6.41. The zero-order chi connectivity index (χ0) is 14.0. The third-order valence-corrected chi connectivity index (χ3v) is 3.20. The lowest BCUT2D eigenvalue weighted by Gasteiger charge is -2.07. The van der Waals surface area contributed by atoms with E-state index in [9.17, 15) is 9.18 Å². The summed E-state index contributed by atoms with van der Waals surface area (Å²) in [7, 11) is 0. The minimum absolute atomic E-state index is 0.0853. The van der Waals surface area contributed by atoms with Crippen LogP contribution in [0.5, 0.6) is 0 Å². The van der Waals surface area contributed by atoms with Gasteiger partial charge in [0.25, 0.3) is 0 Å². The number of carbonyl (C=O) groups is 1. The van der Waals surface area contributed by atoms with Gasteiger partial charge in [0, 0.05) is 10.0 Å². The van der Waals surface area contributed by atoms with E-state index in [4.69, 9.17) is 5.11 Å². The smallest absolute Gasteiger partial charge is 0.358 e. The van der Waals surface area contributed by atoms with E-state index in [1.807, 2.05) is 0 Å². The molecule has 19 heavy (non-hydrogen) atoms. The molecule has 0 aliphatic rings. The number of rotatable bonds is 4. The Labute approximate surface area is 117 Å². The van der Waals surface area contributed by atoms with E-state index in [1.165, 1.54) is 10.7 Å². The second-order valence-electron chi connectivity index (χ2n) is 3.94. The Balaban J connectivity index is 2.38. The Kier molecular flexibility index (Phi) is 3.94. The lowest BCUT2D eigenvalue weighted by molar-refractivity contribution is 0.0689. The Morgan fingerprint density at radius 3 is 2.89 bits per heavy atom. The topological polar surface area (TPSA) is 68.0 Å². The largest absolute Gasteiger partial charge is 0.476 e. The highest BCUT2D eigenvalue weighted by Gasteiger charge is 2.18. The van der Waals surface area contributed by atoms with Crippen LogP contribution in [0.1, 0.15) is 28.7 Å². The Bertz CT molecular complexity index is 627. The highest BCUT2D eigenvalue weighted by Crippen LogP contribution is 2.17. The molecule has 0 aliphatic heterocycles. The van der Waals surface area contributed by atoms with E-state index >= 15 is 0 Å². The van der Waals surface area contributed by atoms with Crippen molar-refractivity contribution in [2.75, 3.05) is 0 Å². The van der Waals surface area contributed by atoms with Crippen LogP contribution in [0.2, 0.25) is 0 Å². The van der Waals surface area contributed by atoms with Crippen molar-refractivity contribution in [2.24, 2.45) is 0 Å². The predicted molar refractivity (Wildman–Crippen MR) is 69.6 cm³/mol. The molecule has 2 aromatic rings. The minimum Gasteiger partial charge on any atom is -0.476 e. The highest BCUT2D eigenvalue weighted by atomic mass is 79.9. The van der Waals surface area contributed by atoms with Crippen LogP contribution in [0.4, 0.5) is 4.39 Å². The van der Waals surface area contributed by atoms with Gasteiger partial charge in [-0.15, -0.1) is 5.10 Å². The molecule has 100 valence electrons. The van der Waals surface area contributed by atoms with Gasteiger partial charge in [-0.05, 0) is 24.6 Å². The molecule has 0 saturated heterocycles. The summed E-state index contributed by atoms with van der Waals surface area (Å²) in [6, 6.07) is 4.58. The summed E-state index contributed by atoms with van der Waals surface area (Å²) < 4.78 is 15.8. The summed E-state index contributed by atoms with van der Waals surface area (Å²) in [5.74, 6) is -1.49. The van der Waals surface area contributed by atoms with Gasteiger partial charge in [0.2, 0.25) is 0 Å². The summed E-state index contributed by atoms with van der Waals surface area (Å²) in [4.78, 5) is 11.0. The predicted octanol–water partition coefficient (Wildman–Crippen LogP) is 2.49. The molecule has 0 bridgehead atoms. The number of nitrogens with zero attached hydrogens (tertiary/aromatic N) is 3. The molecule has 0 saturated carbocycles. The molecule has 0 aliphatic carbocycles. The average Bonchev–Trinajstić information content (AvgIpc) is 2.76. The number of hydrogen-bond donors (Lipinski definition) is 1. The van der Waals surface area contributed by atoms with E-state index in [2.05, 4.69) is 26.2 Å². The molecule has 1 heterocycles. The van der Waals surface area contributed by atoms with Crippen molar-refractivity contribution in [3.63, 3.8) is 0 Å². The molecule has 1 N–H and O–H groups in total. The van der Waals surface area contributed by atoms with Crippen molar-refractivity contribution in [3.05, 3.63) is 45.4 Å². The van der Waals surface area contributed by atoms with Crippen LogP contribution in [0, 0.1) is 5.82 Å². The zero-order valence-electron chi connectivity index (χ0n) is 10.1. The monoisotopic (exact) mass is 327 g/mol. The normalized spacial score (nSPS) is 10.7. The van der Waals surface area contributed by atoms with Gasteiger partial charge in [0.05, 0.1) is 12.2 Å². The summed E-state index contributed by atoms with van der Waals surface area (Å²) in [5, 5.41) is 16.4. The van der Waals surface area contributed by atoms with Gasteiger partial charge < -0.3 is 5.11 Å². The van der Waals surface area contributed by atoms with Crippen LogP contribution in [-0.4, -0.2) is 26.1 Å². The Morgan fingerprint density at radius 2 is 2.26 bits per heavy atom. The Hall–Kier alpha value is -1.76. The number of aromatic nitrogens is 3. The highest BCUT2D eigenvalue weighted by molar-refractivity contribution is 9.10. The maximum atomic E-state index is 13.7. The van der Waals surface area contributed by atoms with Crippen LogP contribution in [0.3, 0.4) is 0 Å². The van der Waals surface area contributed by atoms with Crippen LogP contribution >= 0.6 is 15.9 Å². The Morgan fingerprint density at radius 1 is 1.53 bits per heavy atom. The fourth-order valence-electron chi connectivity index (χ4n) is 1.80. The van der Waals surface area contributed by atoms with Gasteiger partial charge in [-0.1, -0.05) is 28.1 Å². The fraction of sp³-hybridized carbons (Fsp3) is 0.250. The maximum Gasteiger partial charge on any atom is 0.358 e. The van der Waals surface area contributed by atoms with Crippen molar-refractivity contribution < 1.29 is 14.3 Å². The van der Waals surface area contributed by atoms with Crippen molar-refractivity contribution in [1.82, 2.24) is 15.0 Å². The van der Waals surface area contributed by atoms with Crippen molar-refractivity contribution in [2.45, 2.75) is 19.9 Å². The maximum absolute atomic E-state index is 13.7. The molecule has 0 unspecified atom stereocenters. The summed E-state index contributed by atoms with van der Waals surface area (Å²) in [5.41, 5.74) is 0.815. The number of carboxylic acids is 1. The number of aromatic carboxylic acids is 1. The number of halogens is 2. The van der Waals surface area contributed by atoms with Crippen molar-refractivity contribution >= 4 is 21.9 Å². The lowest BCUT2D eigenvalue weighted by Crippen LogP contribution is -2.09. The van der Waals surface area contributed by atoms with Crippen molar-refractivity contribution in [1.29, 1.82) is 0 Å². The van der Waals surface area contributed by atoms with Gasteiger partial charge in [0.1, 0.15) is 5.82 Å². The molecule has 2 rings (SSSR count). The molecule has 1 aromatic heterocycles. The van der Waals surface area contributed by atoms with E-state index in [-0.39, 0.29) is 18.1 Å². The van der Waals surface area contributed by atoms with Crippen LogP contribution in [0.15, 0.2) is 22.7 Å². The molecule has 1 aromatic carbocycles. The summed E-state index contributed by atoms with van der Waals surface area (Å²) in [6.07, 6.45) is 0.463. The molecule has 0 radical (unpaired) electrons. The van der Waals surface area contributed by atoms with E-state index in [1.54, 1.807) is 19.1 Å². The molecule has 7 heteroatoms. The molecular weight excluding hydrogens is 317 g/mol. The van der Waals surface area contributed by atoms with E-state index in [0.29, 0.717) is 17.7 Å². The van der Waals surface area contributed by atoms with E-state index in [0.717, 1.165) is 4.47 Å². The van der Waals surface area contributed by atoms with Crippen molar-refractivity contribution in [3.8, 4) is 0 Å². The second kappa shape index (κ2) is 5.48. The lowest BCUT2D eigenvalue weighted by atomic mass is 10.2. The first-order chi connectivity index (χ1) is 9.02. The second-order valence-corrected chi connectivity index (χ2v) is 4.85. The van der Waals surface area contributed by atoms with Crippen LogP contribution < -0.4 is 0 Å². The SMILES string of the molecule is CCc1c(C(=O)O)nnn1Cc1cc(Br)ccc1F. The van der Waals surface area contributed by atoms with Gasteiger partial charge >= 0.3 is 5.97 Å². The van der Waals surface area contributed by atoms with Gasteiger partial charge in [-0.2, -0.15) is 0 Å². The van der Waals surface area contributed by atoms with Gasteiger partial charge in [-0.25, -0.2) is 13.9 Å². The summed E-state index contributed by atoms with van der Waals surface area (Å²) in [6.45, 7) is 1.95. The van der Waals surface area contributed by atoms with Gasteiger partial charge in [-0.3, -0.25) is 0 Å². The molecule has 5 nitrogen and oxygen atoms in total. The molecule has 0 atom stereocenters. The number of benzene rings is 1. The first kappa shape index (κ1) is 13.7. The zero-order valence-corrected chi connectivity index (χ0v) is 11.7. The fourth-order valence-corrected chi connectivity index (χ4v) is 2.21. The average molecular weight is 328 g/mol. The molecule has 0 fully saturated rings. The molecule has 0 amide bonds. The quantitative estimate of drug-likeness (QED) is 0.936. The minimum atomic E-state index is -1.13. The van der Waals surface area contributed by atoms with Crippen LogP contribution in [0.25, 0.3) is 0 Å². The van der Waals surface area contributed by atoms with Gasteiger partial charge in [0.15, 0.2) is 5.69 Å².